The van der Waals surface area contributed by atoms with Gasteiger partial charge in [-0.05, 0) is 57.2 Å². The number of fused-ring (bicyclic) bond motifs is 1. The molecule has 0 fully saturated rings. The van der Waals surface area contributed by atoms with E-state index in [1.165, 1.54) is 0 Å². The second-order valence-electron chi connectivity index (χ2n) is 6.41. The zero-order valence-corrected chi connectivity index (χ0v) is 14.4. The highest BCUT2D eigenvalue weighted by Crippen LogP contribution is 2.44. The van der Waals surface area contributed by atoms with E-state index in [-0.39, 0.29) is 18.3 Å². The number of rotatable bonds is 3. The van der Waals surface area contributed by atoms with Crippen LogP contribution in [-0.2, 0) is 11.2 Å². The van der Waals surface area contributed by atoms with E-state index in [9.17, 15) is 4.79 Å². The number of carbonyl (C=O) groups is 1. The Morgan fingerprint density at radius 3 is 2.57 bits per heavy atom. The van der Waals surface area contributed by atoms with Crippen LogP contribution in [0.25, 0.3) is 0 Å². The first-order valence-electron chi connectivity index (χ1n) is 7.68. The van der Waals surface area contributed by atoms with Crippen LogP contribution in [0, 0.1) is 26.2 Å². The number of ether oxygens (including phenoxy) is 2. The fraction of sp³-hybridized carbons (Fsp3) is 0.529. The van der Waals surface area contributed by atoms with Crippen LogP contribution in [0.5, 0.6) is 11.5 Å². The molecule has 1 aromatic carbocycles. The van der Waals surface area contributed by atoms with Gasteiger partial charge in [0.05, 0.1) is 13.5 Å². The Hall–Kier alpha value is -2.24. The minimum Gasteiger partial charge on any atom is -0.496 e. The SMILES string of the molecule is COc1c(C)c(C)c2c(c1C)CCC(C)(CC(=O)NC(=N)N)O2. The van der Waals surface area contributed by atoms with Gasteiger partial charge in [0.2, 0.25) is 5.91 Å². The number of carbonyl (C=O) groups excluding carboxylic acids is 1. The molecule has 0 spiro atoms. The van der Waals surface area contributed by atoms with Gasteiger partial charge in [-0.1, -0.05) is 0 Å². The van der Waals surface area contributed by atoms with Gasteiger partial charge in [-0.15, -0.1) is 0 Å². The lowest BCUT2D eigenvalue weighted by Crippen LogP contribution is -2.44. The highest BCUT2D eigenvalue weighted by Gasteiger charge is 2.36. The smallest absolute Gasteiger partial charge is 0.230 e. The molecule has 23 heavy (non-hydrogen) atoms. The summed E-state index contributed by atoms with van der Waals surface area (Å²) in [5.41, 5.74) is 8.95. The number of hydrogen-bond donors (Lipinski definition) is 3. The third kappa shape index (κ3) is 3.25. The summed E-state index contributed by atoms with van der Waals surface area (Å²) in [6.07, 6.45) is 1.70. The molecule has 1 heterocycles. The number of guanidine groups is 1. The number of methoxy groups -OCH3 is 1. The molecule has 0 aromatic heterocycles. The van der Waals surface area contributed by atoms with Gasteiger partial charge in [-0.3, -0.25) is 15.5 Å². The molecule has 2 rings (SSSR count). The second kappa shape index (κ2) is 6.10. The number of benzene rings is 1. The third-order valence-electron chi connectivity index (χ3n) is 4.58. The zero-order chi connectivity index (χ0) is 17.4. The Bertz CT molecular complexity index is 670. The highest BCUT2D eigenvalue weighted by atomic mass is 16.5. The van der Waals surface area contributed by atoms with Crippen molar-refractivity contribution in [3.05, 3.63) is 22.3 Å². The fourth-order valence-electron chi connectivity index (χ4n) is 3.25. The summed E-state index contributed by atoms with van der Waals surface area (Å²) in [5, 5.41) is 9.47. The van der Waals surface area contributed by atoms with E-state index in [4.69, 9.17) is 20.6 Å². The normalized spacial score (nSPS) is 19.5. The fourth-order valence-corrected chi connectivity index (χ4v) is 3.25. The standard InChI is InChI=1S/C17H25N3O3/c1-9-10(2)15-12(11(3)14(9)22-5)6-7-17(4,23-15)8-13(21)20-16(18)19/h6-8H2,1-5H3,(H4,18,19,20,21). The van der Waals surface area contributed by atoms with Crippen LogP contribution in [0.4, 0.5) is 0 Å². The summed E-state index contributed by atoms with van der Waals surface area (Å²) < 4.78 is 11.8. The van der Waals surface area contributed by atoms with Crippen LogP contribution >= 0.6 is 0 Å². The molecule has 126 valence electrons. The van der Waals surface area contributed by atoms with Crippen molar-refractivity contribution in [3.8, 4) is 11.5 Å². The minimum absolute atomic E-state index is 0.162. The number of amides is 1. The monoisotopic (exact) mass is 319 g/mol. The molecule has 4 N–H and O–H groups in total. The Morgan fingerprint density at radius 1 is 1.35 bits per heavy atom. The first-order valence-corrected chi connectivity index (χ1v) is 7.68. The predicted molar refractivity (Wildman–Crippen MR) is 89.2 cm³/mol. The van der Waals surface area contributed by atoms with Crippen LogP contribution in [0.15, 0.2) is 0 Å². The van der Waals surface area contributed by atoms with Gasteiger partial charge in [0.1, 0.15) is 17.1 Å². The molecule has 0 aliphatic carbocycles. The molecule has 6 heteroatoms. The third-order valence-corrected chi connectivity index (χ3v) is 4.58. The first-order chi connectivity index (χ1) is 10.7. The van der Waals surface area contributed by atoms with E-state index >= 15 is 0 Å². The maximum absolute atomic E-state index is 11.9. The average Bonchev–Trinajstić information content (AvgIpc) is 2.44. The Balaban J connectivity index is 2.34. The maximum atomic E-state index is 11.9. The second-order valence-corrected chi connectivity index (χ2v) is 6.41. The molecule has 0 radical (unpaired) electrons. The lowest BCUT2D eigenvalue weighted by molar-refractivity contribution is -0.123. The van der Waals surface area contributed by atoms with Crippen molar-refractivity contribution < 1.29 is 14.3 Å². The van der Waals surface area contributed by atoms with Crippen molar-refractivity contribution in [2.45, 2.75) is 52.6 Å². The lowest BCUT2D eigenvalue weighted by atomic mass is 9.85. The molecule has 0 saturated heterocycles. The van der Waals surface area contributed by atoms with E-state index in [1.807, 2.05) is 27.7 Å². The van der Waals surface area contributed by atoms with Crippen molar-refractivity contribution in [1.29, 1.82) is 5.41 Å². The van der Waals surface area contributed by atoms with Gasteiger partial charge < -0.3 is 15.2 Å². The molecule has 1 unspecified atom stereocenters. The van der Waals surface area contributed by atoms with Gasteiger partial charge in [-0.2, -0.15) is 0 Å². The van der Waals surface area contributed by atoms with Crippen molar-refractivity contribution in [1.82, 2.24) is 5.32 Å². The predicted octanol–water partition coefficient (Wildman–Crippen LogP) is 2.10. The van der Waals surface area contributed by atoms with Crippen LogP contribution in [0.1, 0.15) is 42.0 Å². The van der Waals surface area contributed by atoms with Gasteiger partial charge >= 0.3 is 0 Å². The summed E-state index contributed by atoms with van der Waals surface area (Å²) in [6, 6.07) is 0. The van der Waals surface area contributed by atoms with Crippen molar-refractivity contribution >= 4 is 11.9 Å². The van der Waals surface area contributed by atoms with Gasteiger partial charge in [-0.25, -0.2) is 0 Å². The van der Waals surface area contributed by atoms with Crippen molar-refractivity contribution in [2.75, 3.05) is 7.11 Å². The maximum Gasteiger partial charge on any atom is 0.230 e. The lowest BCUT2D eigenvalue weighted by Gasteiger charge is -2.37. The molecule has 0 saturated carbocycles. The van der Waals surface area contributed by atoms with Crippen molar-refractivity contribution in [2.24, 2.45) is 5.73 Å². The summed E-state index contributed by atoms with van der Waals surface area (Å²) in [7, 11) is 1.68. The van der Waals surface area contributed by atoms with Gasteiger partial charge in [0, 0.05) is 5.56 Å². The average molecular weight is 319 g/mol. The minimum atomic E-state index is -0.606. The summed E-state index contributed by atoms with van der Waals surface area (Å²) in [6.45, 7) is 7.99. The largest absolute Gasteiger partial charge is 0.496 e. The first kappa shape index (κ1) is 17.1. The summed E-state index contributed by atoms with van der Waals surface area (Å²) in [4.78, 5) is 11.9. The Labute approximate surface area is 136 Å². The van der Waals surface area contributed by atoms with Crippen LogP contribution < -0.4 is 20.5 Å². The Kier molecular flexibility index (Phi) is 4.54. The van der Waals surface area contributed by atoms with E-state index < -0.39 is 5.60 Å². The van der Waals surface area contributed by atoms with Gasteiger partial charge in [0.25, 0.3) is 0 Å². The van der Waals surface area contributed by atoms with E-state index in [0.29, 0.717) is 0 Å². The summed E-state index contributed by atoms with van der Waals surface area (Å²) >= 11 is 0. The van der Waals surface area contributed by atoms with Crippen LogP contribution in [0.3, 0.4) is 0 Å². The molecular weight excluding hydrogens is 294 g/mol. The van der Waals surface area contributed by atoms with Gasteiger partial charge in [0.15, 0.2) is 5.96 Å². The van der Waals surface area contributed by atoms with E-state index in [1.54, 1.807) is 7.11 Å². The highest BCUT2D eigenvalue weighted by molar-refractivity contribution is 5.95. The summed E-state index contributed by atoms with van der Waals surface area (Å²) in [5.74, 6) is 1.11. The molecule has 1 aromatic rings. The Morgan fingerprint density at radius 2 is 2.00 bits per heavy atom. The molecule has 1 amide bonds. The number of hydrogen-bond acceptors (Lipinski definition) is 4. The molecule has 6 nitrogen and oxygen atoms in total. The van der Waals surface area contributed by atoms with E-state index in [2.05, 4.69) is 5.32 Å². The van der Waals surface area contributed by atoms with Crippen LogP contribution in [0.2, 0.25) is 0 Å². The molecule has 1 aliphatic heterocycles. The molecule has 1 aliphatic rings. The zero-order valence-electron chi connectivity index (χ0n) is 14.4. The van der Waals surface area contributed by atoms with Crippen LogP contribution in [-0.4, -0.2) is 24.6 Å². The van der Waals surface area contributed by atoms with E-state index in [0.717, 1.165) is 46.6 Å². The molecular formula is C17H25N3O3. The molecule has 1 atom stereocenters. The number of nitrogens with two attached hydrogens (primary N) is 1. The number of nitrogens with one attached hydrogen (secondary N) is 2. The van der Waals surface area contributed by atoms with Crippen molar-refractivity contribution in [3.63, 3.8) is 0 Å². The topological polar surface area (TPSA) is 97.4 Å². The molecule has 0 bridgehead atoms. The quantitative estimate of drug-likeness (QED) is 0.587.